The largest absolute Gasteiger partial charge is 0.488 e. The summed E-state index contributed by atoms with van der Waals surface area (Å²) in [4.78, 5) is 12.3. The van der Waals surface area contributed by atoms with Gasteiger partial charge >= 0.3 is 0 Å². The first-order chi connectivity index (χ1) is 9.81. The first-order valence-electron chi connectivity index (χ1n) is 7.84. The number of nitrogens with one attached hydrogen (secondary N) is 1. The van der Waals surface area contributed by atoms with E-state index < -0.39 is 0 Å². The molecule has 0 atom stereocenters. The van der Waals surface area contributed by atoms with E-state index in [1.54, 1.807) is 6.07 Å². The Morgan fingerprint density at radius 2 is 2.15 bits per heavy atom. The van der Waals surface area contributed by atoms with Gasteiger partial charge in [0.2, 0.25) is 0 Å². The molecule has 2 rings (SSSR count). The van der Waals surface area contributed by atoms with E-state index in [9.17, 15) is 4.79 Å². The van der Waals surface area contributed by atoms with Gasteiger partial charge in [-0.25, -0.2) is 0 Å². The molecule has 112 valence electrons. The quantitative estimate of drug-likeness (QED) is 0.779. The predicted octanol–water partition coefficient (Wildman–Crippen LogP) is 2.42. The van der Waals surface area contributed by atoms with Crippen LogP contribution in [0.1, 0.15) is 39.0 Å². The van der Waals surface area contributed by atoms with Crippen molar-refractivity contribution in [2.24, 2.45) is 5.92 Å². The zero-order valence-corrected chi connectivity index (χ0v) is 12.4. The van der Waals surface area contributed by atoms with Crippen molar-refractivity contribution in [2.45, 2.75) is 45.6 Å². The minimum Gasteiger partial charge on any atom is -0.488 e. The van der Waals surface area contributed by atoms with Crippen molar-refractivity contribution in [3.63, 3.8) is 0 Å². The van der Waals surface area contributed by atoms with Gasteiger partial charge in [-0.3, -0.25) is 4.79 Å². The van der Waals surface area contributed by atoms with Crippen molar-refractivity contribution in [2.75, 3.05) is 19.7 Å². The van der Waals surface area contributed by atoms with Crippen LogP contribution in [0.25, 0.3) is 0 Å². The van der Waals surface area contributed by atoms with E-state index in [2.05, 4.69) is 12.2 Å². The van der Waals surface area contributed by atoms with E-state index in [0.717, 1.165) is 51.7 Å². The van der Waals surface area contributed by atoms with Gasteiger partial charge in [0, 0.05) is 12.7 Å². The third-order valence-electron chi connectivity index (χ3n) is 3.90. The topological polar surface area (TPSA) is 43.3 Å². The lowest BCUT2D eigenvalue weighted by Gasteiger charge is -2.23. The van der Waals surface area contributed by atoms with E-state index in [1.165, 1.54) is 0 Å². The van der Waals surface area contributed by atoms with Crippen LogP contribution >= 0.6 is 0 Å². The second-order valence-corrected chi connectivity index (χ2v) is 5.58. The number of piperidine rings is 1. The number of ether oxygens (including phenoxy) is 1. The van der Waals surface area contributed by atoms with Crippen molar-refractivity contribution in [3.8, 4) is 5.75 Å². The van der Waals surface area contributed by atoms with Gasteiger partial charge in [-0.05, 0) is 50.4 Å². The Labute approximate surface area is 121 Å². The molecule has 0 spiro atoms. The average Bonchev–Trinajstić information content (AvgIpc) is 2.48. The molecule has 0 aromatic carbocycles. The molecule has 1 N–H and O–H groups in total. The summed E-state index contributed by atoms with van der Waals surface area (Å²) in [6, 6.07) is 3.70. The average molecular weight is 278 g/mol. The Hall–Kier alpha value is -1.29. The van der Waals surface area contributed by atoms with Gasteiger partial charge < -0.3 is 14.6 Å². The molecule has 1 aliphatic heterocycles. The van der Waals surface area contributed by atoms with Crippen molar-refractivity contribution in [1.29, 1.82) is 0 Å². The maximum atomic E-state index is 12.3. The fourth-order valence-electron chi connectivity index (χ4n) is 2.65. The Morgan fingerprint density at radius 1 is 1.35 bits per heavy atom. The highest BCUT2D eigenvalue weighted by Gasteiger charge is 2.14. The molecule has 4 heteroatoms. The molecule has 20 heavy (non-hydrogen) atoms. The first-order valence-corrected chi connectivity index (χ1v) is 7.84. The van der Waals surface area contributed by atoms with Gasteiger partial charge in [0.25, 0.3) is 5.56 Å². The van der Waals surface area contributed by atoms with Crippen LogP contribution in [0.4, 0.5) is 0 Å². The highest BCUT2D eigenvalue weighted by molar-refractivity contribution is 5.17. The number of hydrogen-bond donors (Lipinski definition) is 1. The lowest BCUT2D eigenvalue weighted by atomic mass is 9.98. The summed E-state index contributed by atoms with van der Waals surface area (Å²) in [5, 5.41) is 3.35. The highest BCUT2D eigenvalue weighted by Crippen LogP contribution is 2.14. The minimum atomic E-state index is 0.0162. The Morgan fingerprint density at radius 3 is 2.90 bits per heavy atom. The van der Waals surface area contributed by atoms with E-state index in [0.29, 0.717) is 18.3 Å². The summed E-state index contributed by atoms with van der Waals surface area (Å²) in [5.41, 5.74) is 0.0162. The number of unbranched alkanes of at least 4 members (excludes halogenated alkanes) is 2. The molecule has 4 nitrogen and oxygen atoms in total. The van der Waals surface area contributed by atoms with Crippen LogP contribution in [0.15, 0.2) is 23.1 Å². The molecule has 0 saturated carbocycles. The molecule has 0 unspecified atom stereocenters. The van der Waals surface area contributed by atoms with Crippen LogP contribution in [0, 0.1) is 5.92 Å². The molecule has 0 radical (unpaired) electrons. The summed E-state index contributed by atoms with van der Waals surface area (Å²) in [6.45, 7) is 5.74. The van der Waals surface area contributed by atoms with Gasteiger partial charge in [-0.15, -0.1) is 0 Å². The maximum Gasteiger partial charge on any atom is 0.292 e. The summed E-state index contributed by atoms with van der Waals surface area (Å²) in [6.07, 6.45) is 7.50. The van der Waals surface area contributed by atoms with Gasteiger partial charge in [0.1, 0.15) is 0 Å². The molecule has 0 amide bonds. The Balaban J connectivity index is 1.93. The fourth-order valence-corrected chi connectivity index (χ4v) is 2.65. The number of rotatable bonds is 7. The summed E-state index contributed by atoms with van der Waals surface area (Å²) in [7, 11) is 0. The molecular formula is C16H26N2O2. The van der Waals surface area contributed by atoms with Crippen molar-refractivity contribution >= 4 is 0 Å². The lowest BCUT2D eigenvalue weighted by Crippen LogP contribution is -2.32. The molecule has 1 aromatic rings. The van der Waals surface area contributed by atoms with Crippen LogP contribution in [0.2, 0.25) is 0 Å². The fraction of sp³-hybridized carbons (Fsp3) is 0.688. The van der Waals surface area contributed by atoms with Gasteiger partial charge in [-0.1, -0.05) is 19.8 Å². The number of nitrogens with zero attached hydrogens (tertiary/aromatic N) is 1. The van der Waals surface area contributed by atoms with E-state index in [4.69, 9.17) is 4.74 Å². The van der Waals surface area contributed by atoms with Crippen LogP contribution < -0.4 is 15.6 Å². The van der Waals surface area contributed by atoms with Crippen LogP contribution in [-0.4, -0.2) is 24.3 Å². The molecule has 0 bridgehead atoms. The van der Waals surface area contributed by atoms with Crippen LogP contribution in [0.5, 0.6) is 5.75 Å². The van der Waals surface area contributed by atoms with Gasteiger partial charge in [0.05, 0.1) is 6.61 Å². The molecule has 2 heterocycles. The Bertz CT molecular complexity index is 450. The molecule has 1 fully saturated rings. The lowest BCUT2D eigenvalue weighted by molar-refractivity contribution is 0.292. The maximum absolute atomic E-state index is 12.3. The Kier molecular flexibility index (Phi) is 6.12. The standard InChI is InChI=1S/C16H26N2O2/c1-2-3-4-12-20-15-6-5-11-18(16(15)19)13-14-7-9-17-10-8-14/h5-6,11,14,17H,2-4,7-10,12-13H2,1H3. The third kappa shape index (κ3) is 4.37. The third-order valence-corrected chi connectivity index (χ3v) is 3.90. The van der Waals surface area contributed by atoms with E-state index in [1.807, 2.05) is 16.8 Å². The van der Waals surface area contributed by atoms with Crippen molar-refractivity contribution in [1.82, 2.24) is 9.88 Å². The van der Waals surface area contributed by atoms with Crippen LogP contribution in [-0.2, 0) is 6.54 Å². The van der Waals surface area contributed by atoms with E-state index >= 15 is 0 Å². The molecule has 1 aliphatic rings. The van der Waals surface area contributed by atoms with E-state index in [-0.39, 0.29) is 5.56 Å². The van der Waals surface area contributed by atoms with Crippen molar-refractivity contribution < 1.29 is 4.74 Å². The summed E-state index contributed by atoms with van der Waals surface area (Å²) < 4.78 is 7.43. The zero-order chi connectivity index (χ0) is 14.2. The smallest absolute Gasteiger partial charge is 0.292 e. The number of hydrogen-bond acceptors (Lipinski definition) is 3. The minimum absolute atomic E-state index is 0.0162. The van der Waals surface area contributed by atoms with Crippen molar-refractivity contribution in [3.05, 3.63) is 28.7 Å². The SMILES string of the molecule is CCCCCOc1cccn(CC2CCNCC2)c1=O. The second-order valence-electron chi connectivity index (χ2n) is 5.58. The van der Waals surface area contributed by atoms with Gasteiger partial charge in [0.15, 0.2) is 5.75 Å². The molecule has 0 aliphatic carbocycles. The molecule has 1 saturated heterocycles. The van der Waals surface area contributed by atoms with Gasteiger partial charge in [-0.2, -0.15) is 0 Å². The molecule has 1 aromatic heterocycles. The summed E-state index contributed by atoms with van der Waals surface area (Å²) >= 11 is 0. The second kappa shape index (κ2) is 8.10. The first kappa shape index (κ1) is 15.1. The normalized spacial score (nSPS) is 16.2. The molecular weight excluding hydrogens is 252 g/mol. The monoisotopic (exact) mass is 278 g/mol. The number of pyridine rings is 1. The summed E-state index contributed by atoms with van der Waals surface area (Å²) in [5.74, 6) is 1.10. The zero-order valence-electron chi connectivity index (χ0n) is 12.4. The highest BCUT2D eigenvalue weighted by atomic mass is 16.5. The predicted molar refractivity (Wildman–Crippen MR) is 81.3 cm³/mol. The van der Waals surface area contributed by atoms with Crippen LogP contribution in [0.3, 0.4) is 0 Å². The number of aromatic nitrogens is 1.